The molecule has 1 fully saturated rings. The van der Waals surface area contributed by atoms with Crippen molar-refractivity contribution in [2.75, 3.05) is 20.3 Å². The van der Waals surface area contributed by atoms with Crippen LogP contribution in [0.4, 0.5) is 0 Å². The highest BCUT2D eigenvalue weighted by Gasteiger charge is 2.31. The molecule has 0 bridgehead atoms. The number of carbonyl (C=O) groups is 1. The second kappa shape index (κ2) is 3.95. The second-order valence-corrected chi connectivity index (χ2v) is 3.27. The molecule has 2 rings (SSSR count). The third-order valence-electron chi connectivity index (χ3n) is 2.37. The Hall–Kier alpha value is -1.47. The van der Waals surface area contributed by atoms with Gasteiger partial charge in [0.15, 0.2) is 5.69 Å². The molecule has 7 nitrogen and oxygen atoms in total. The van der Waals surface area contributed by atoms with Gasteiger partial charge in [0, 0.05) is 7.11 Å². The van der Waals surface area contributed by atoms with E-state index >= 15 is 0 Å². The fourth-order valence-corrected chi connectivity index (χ4v) is 1.53. The molecule has 2 heterocycles. The lowest BCUT2D eigenvalue weighted by Crippen LogP contribution is -2.24. The van der Waals surface area contributed by atoms with E-state index in [1.165, 1.54) is 10.9 Å². The molecule has 1 aromatic heterocycles. The van der Waals surface area contributed by atoms with Crippen molar-refractivity contribution in [2.24, 2.45) is 0 Å². The lowest BCUT2D eigenvalue weighted by molar-refractivity contribution is 0.0659. The smallest absolute Gasteiger partial charge is 0.358 e. The minimum atomic E-state index is -1.09. The summed E-state index contributed by atoms with van der Waals surface area (Å²) in [6.07, 6.45) is 1.28. The van der Waals surface area contributed by atoms with Crippen LogP contribution in [0, 0.1) is 0 Å². The van der Waals surface area contributed by atoms with Crippen molar-refractivity contribution in [1.82, 2.24) is 15.0 Å². The highest BCUT2D eigenvalue weighted by molar-refractivity contribution is 5.84. The number of carboxylic acid groups (broad SMARTS) is 1. The maximum Gasteiger partial charge on any atom is 0.358 e. The Morgan fingerprint density at radius 3 is 3.13 bits per heavy atom. The molecule has 1 saturated heterocycles. The van der Waals surface area contributed by atoms with E-state index in [4.69, 9.17) is 14.6 Å². The maximum absolute atomic E-state index is 10.6. The largest absolute Gasteiger partial charge is 0.476 e. The highest BCUT2D eigenvalue weighted by Crippen LogP contribution is 2.20. The fraction of sp³-hybridized carbons (Fsp3) is 0.625. The van der Waals surface area contributed by atoms with Gasteiger partial charge in [0.05, 0.1) is 19.4 Å². The van der Waals surface area contributed by atoms with E-state index in [2.05, 4.69) is 10.3 Å². The first-order valence-electron chi connectivity index (χ1n) is 4.48. The maximum atomic E-state index is 10.6. The van der Waals surface area contributed by atoms with E-state index < -0.39 is 5.97 Å². The fourth-order valence-electron chi connectivity index (χ4n) is 1.53. The number of aromatic nitrogens is 3. The minimum Gasteiger partial charge on any atom is -0.476 e. The van der Waals surface area contributed by atoms with Crippen LogP contribution in [0.1, 0.15) is 16.5 Å². The monoisotopic (exact) mass is 213 g/mol. The van der Waals surface area contributed by atoms with Gasteiger partial charge in [0.25, 0.3) is 0 Å². The molecule has 0 saturated carbocycles. The number of hydrogen-bond acceptors (Lipinski definition) is 5. The number of methoxy groups -OCH3 is 1. The van der Waals surface area contributed by atoms with Crippen molar-refractivity contribution < 1.29 is 19.4 Å². The Balaban J connectivity index is 2.18. The summed E-state index contributed by atoms with van der Waals surface area (Å²) in [6.45, 7) is 0.949. The minimum absolute atomic E-state index is 0.0725. The van der Waals surface area contributed by atoms with E-state index in [9.17, 15) is 4.79 Å². The molecule has 0 unspecified atom stereocenters. The number of ether oxygens (including phenoxy) is 2. The molecule has 1 N–H and O–H groups in total. The lowest BCUT2D eigenvalue weighted by atomic mass is 10.2. The first-order chi connectivity index (χ1) is 7.22. The van der Waals surface area contributed by atoms with Crippen LogP contribution in [0.15, 0.2) is 6.20 Å². The van der Waals surface area contributed by atoms with Crippen LogP contribution in [0.5, 0.6) is 0 Å². The third kappa shape index (κ3) is 1.83. The molecule has 82 valence electrons. The van der Waals surface area contributed by atoms with E-state index in [-0.39, 0.29) is 17.8 Å². The number of aromatic carboxylic acids is 1. The van der Waals surface area contributed by atoms with Crippen LogP contribution in [0.25, 0.3) is 0 Å². The van der Waals surface area contributed by atoms with Crippen molar-refractivity contribution in [3.63, 3.8) is 0 Å². The predicted octanol–water partition coefficient (Wildman–Crippen LogP) is -0.437. The van der Waals surface area contributed by atoms with Crippen molar-refractivity contribution in [1.29, 1.82) is 0 Å². The van der Waals surface area contributed by atoms with E-state index in [1.54, 1.807) is 7.11 Å². The van der Waals surface area contributed by atoms with E-state index in [0.29, 0.717) is 13.2 Å². The second-order valence-electron chi connectivity index (χ2n) is 3.27. The molecular formula is C8H11N3O4. The number of carboxylic acids is 1. The van der Waals surface area contributed by atoms with Crippen LogP contribution in [-0.4, -0.2) is 52.5 Å². The van der Waals surface area contributed by atoms with Gasteiger partial charge >= 0.3 is 5.97 Å². The molecule has 0 aromatic carbocycles. The summed E-state index contributed by atoms with van der Waals surface area (Å²) in [5.41, 5.74) is -0.0725. The molecule has 1 aromatic rings. The zero-order valence-corrected chi connectivity index (χ0v) is 8.16. The Bertz CT molecular complexity index is 365. The molecule has 0 aliphatic carbocycles. The van der Waals surface area contributed by atoms with Crippen LogP contribution < -0.4 is 0 Å². The molecule has 0 spiro atoms. The third-order valence-corrected chi connectivity index (χ3v) is 2.37. The average Bonchev–Trinajstić information content (AvgIpc) is 2.85. The van der Waals surface area contributed by atoms with Gasteiger partial charge in [-0.2, -0.15) is 0 Å². The van der Waals surface area contributed by atoms with Gasteiger partial charge in [-0.25, -0.2) is 9.48 Å². The number of hydrogen-bond donors (Lipinski definition) is 1. The van der Waals surface area contributed by atoms with Gasteiger partial charge in [-0.1, -0.05) is 5.21 Å². The summed E-state index contributed by atoms with van der Waals surface area (Å²) in [5.74, 6) is -1.09. The molecule has 1 aliphatic rings. The van der Waals surface area contributed by atoms with Crippen molar-refractivity contribution in [2.45, 2.75) is 12.1 Å². The van der Waals surface area contributed by atoms with Gasteiger partial charge in [-0.15, -0.1) is 5.10 Å². The number of nitrogens with zero attached hydrogens (tertiary/aromatic N) is 3. The van der Waals surface area contributed by atoms with Crippen LogP contribution >= 0.6 is 0 Å². The van der Waals surface area contributed by atoms with Gasteiger partial charge in [0.2, 0.25) is 0 Å². The normalized spacial score (nSPS) is 25.7. The zero-order chi connectivity index (χ0) is 10.8. The summed E-state index contributed by atoms with van der Waals surface area (Å²) >= 11 is 0. The summed E-state index contributed by atoms with van der Waals surface area (Å²) < 4.78 is 11.9. The van der Waals surface area contributed by atoms with Crippen molar-refractivity contribution in [3.05, 3.63) is 11.9 Å². The van der Waals surface area contributed by atoms with Crippen molar-refractivity contribution in [3.8, 4) is 0 Å². The Morgan fingerprint density at radius 1 is 1.73 bits per heavy atom. The topological polar surface area (TPSA) is 86.5 Å². The van der Waals surface area contributed by atoms with Gasteiger partial charge < -0.3 is 14.6 Å². The zero-order valence-electron chi connectivity index (χ0n) is 8.16. The standard InChI is InChI=1S/C8H11N3O4/c1-14-7-4-15-3-6(7)11-2-5(8(12)13)9-10-11/h2,6-7H,3-4H2,1H3,(H,12,13)/t6-,7-/m0/s1. The molecule has 0 radical (unpaired) electrons. The summed E-state index contributed by atoms with van der Waals surface area (Å²) in [4.78, 5) is 10.6. The Kier molecular flexibility index (Phi) is 2.65. The van der Waals surface area contributed by atoms with Crippen molar-refractivity contribution >= 4 is 5.97 Å². The summed E-state index contributed by atoms with van der Waals surface area (Å²) in [5, 5.41) is 16.0. The van der Waals surface area contributed by atoms with Gasteiger partial charge in [-0.3, -0.25) is 0 Å². The molecule has 1 aliphatic heterocycles. The first-order valence-corrected chi connectivity index (χ1v) is 4.48. The quantitative estimate of drug-likeness (QED) is 0.732. The SMILES string of the molecule is CO[C@H]1COC[C@@H]1n1cc(C(=O)O)nn1. The Labute approximate surface area is 85.6 Å². The first kappa shape index (κ1) is 10.1. The Morgan fingerprint density at radius 2 is 2.53 bits per heavy atom. The summed E-state index contributed by atoms with van der Waals surface area (Å²) in [6, 6.07) is -0.101. The average molecular weight is 213 g/mol. The number of rotatable bonds is 3. The van der Waals surface area contributed by atoms with Crippen LogP contribution in [-0.2, 0) is 9.47 Å². The highest BCUT2D eigenvalue weighted by atomic mass is 16.5. The van der Waals surface area contributed by atoms with Gasteiger partial charge in [-0.05, 0) is 0 Å². The molecule has 0 amide bonds. The van der Waals surface area contributed by atoms with Crippen LogP contribution in [0.2, 0.25) is 0 Å². The lowest BCUT2D eigenvalue weighted by Gasteiger charge is -2.14. The molecule has 7 heteroatoms. The summed E-state index contributed by atoms with van der Waals surface area (Å²) in [7, 11) is 1.58. The molecular weight excluding hydrogens is 202 g/mol. The molecule has 15 heavy (non-hydrogen) atoms. The van der Waals surface area contributed by atoms with E-state index in [1.807, 2.05) is 0 Å². The molecule has 2 atom stereocenters. The van der Waals surface area contributed by atoms with Crippen LogP contribution in [0.3, 0.4) is 0 Å². The van der Waals surface area contributed by atoms with Gasteiger partial charge in [0.1, 0.15) is 12.1 Å². The van der Waals surface area contributed by atoms with E-state index in [0.717, 1.165) is 0 Å². The predicted molar refractivity (Wildman–Crippen MR) is 47.6 cm³/mol.